The highest BCUT2D eigenvalue weighted by atomic mass is 32.1. The van der Waals surface area contributed by atoms with Gasteiger partial charge in [-0.3, -0.25) is 3.96 Å². The number of para-hydroxylation sites is 1. The molecule has 0 fully saturated rings. The van der Waals surface area contributed by atoms with Crippen LogP contribution in [0.2, 0.25) is 0 Å². The third-order valence-corrected chi connectivity index (χ3v) is 3.69. The Morgan fingerprint density at radius 2 is 2.06 bits per heavy atom. The highest BCUT2D eigenvalue weighted by Gasteiger charge is 2.18. The molecule has 0 unspecified atom stereocenters. The van der Waals surface area contributed by atoms with E-state index in [2.05, 4.69) is 4.74 Å². The second-order valence-corrected chi connectivity index (χ2v) is 4.63. The predicted octanol–water partition coefficient (Wildman–Crippen LogP) is 2.64. The molecular formula is C11H10N2O2S2. The average Bonchev–Trinajstić information content (AvgIpc) is 2.65. The minimum atomic E-state index is -0.501. The molecule has 1 heterocycles. The number of carbonyl (C=O) groups is 1. The molecule has 6 heteroatoms. The lowest BCUT2D eigenvalue weighted by molar-refractivity contribution is 0.0601. The van der Waals surface area contributed by atoms with E-state index < -0.39 is 5.97 Å². The molecule has 0 radical (unpaired) electrons. The van der Waals surface area contributed by atoms with E-state index in [9.17, 15) is 4.79 Å². The van der Waals surface area contributed by atoms with Crippen molar-refractivity contribution in [3.05, 3.63) is 40.5 Å². The number of ether oxygens (including phenoxy) is 1. The van der Waals surface area contributed by atoms with E-state index in [0.29, 0.717) is 9.64 Å². The Labute approximate surface area is 107 Å². The zero-order valence-corrected chi connectivity index (χ0v) is 10.7. The molecule has 2 N–H and O–H groups in total. The number of nitrogens with two attached hydrogens (primary N) is 1. The third-order valence-electron chi connectivity index (χ3n) is 2.21. The fourth-order valence-corrected chi connectivity index (χ4v) is 2.76. The molecule has 0 saturated carbocycles. The predicted molar refractivity (Wildman–Crippen MR) is 70.2 cm³/mol. The Morgan fingerprint density at radius 3 is 2.65 bits per heavy atom. The number of rotatable bonds is 2. The minimum absolute atomic E-state index is 0.261. The van der Waals surface area contributed by atoms with E-state index in [1.807, 2.05) is 30.3 Å². The maximum atomic E-state index is 11.5. The van der Waals surface area contributed by atoms with Crippen molar-refractivity contribution < 1.29 is 9.53 Å². The number of nitrogens with zero attached hydrogens (tertiary/aromatic N) is 1. The van der Waals surface area contributed by atoms with Gasteiger partial charge in [-0.1, -0.05) is 30.4 Å². The van der Waals surface area contributed by atoms with Gasteiger partial charge in [0.1, 0.15) is 15.2 Å². The van der Waals surface area contributed by atoms with E-state index in [4.69, 9.17) is 18.0 Å². The summed E-state index contributed by atoms with van der Waals surface area (Å²) in [4.78, 5) is 11.5. The van der Waals surface area contributed by atoms with Crippen LogP contribution in [0.15, 0.2) is 30.3 Å². The summed E-state index contributed by atoms with van der Waals surface area (Å²) in [6.07, 6.45) is 0. The molecule has 0 aliphatic heterocycles. The summed E-state index contributed by atoms with van der Waals surface area (Å²) in [6.45, 7) is 0. The molecule has 0 aliphatic rings. The van der Waals surface area contributed by atoms with Crippen LogP contribution in [0.5, 0.6) is 0 Å². The molecule has 4 nitrogen and oxygen atoms in total. The van der Waals surface area contributed by atoms with E-state index in [-0.39, 0.29) is 5.56 Å². The van der Waals surface area contributed by atoms with Crippen molar-refractivity contribution in [1.29, 1.82) is 0 Å². The smallest absolute Gasteiger partial charge is 0.343 e. The van der Waals surface area contributed by atoms with Gasteiger partial charge in [0, 0.05) is 0 Å². The Morgan fingerprint density at radius 1 is 1.41 bits per heavy atom. The quantitative estimate of drug-likeness (QED) is 0.670. The summed E-state index contributed by atoms with van der Waals surface area (Å²) in [7, 11) is 1.31. The van der Waals surface area contributed by atoms with Gasteiger partial charge in [0.05, 0.1) is 12.8 Å². The van der Waals surface area contributed by atoms with E-state index in [0.717, 1.165) is 5.69 Å². The topological polar surface area (TPSA) is 57.2 Å². The van der Waals surface area contributed by atoms with Gasteiger partial charge in [-0.2, -0.15) is 0 Å². The fourth-order valence-electron chi connectivity index (χ4n) is 1.42. The summed E-state index contributed by atoms with van der Waals surface area (Å²) < 4.78 is 6.77. The van der Waals surface area contributed by atoms with E-state index in [1.54, 1.807) is 3.96 Å². The van der Waals surface area contributed by atoms with Gasteiger partial charge in [-0.05, 0) is 23.7 Å². The van der Waals surface area contributed by atoms with Crippen molar-refractivity contribution >= 4 is 34.7 Å². The molecule has 1 aromatic carbocycles. The summed E-state index contributed by atoms with van der Waals surface area (Å²) >= 11 is 6.46. The third kappa shape index (κ3) is 2.09. The molecule has 17 heavy (non-hydrogen) atoms. The number of hydrogen-bond acceptors (Lipinski definition) is 5. The molecule has 2 rings (SSSR count). The Hall–Kier alpha value is -1.66. The average molecular weight is 266 g/mol. The van der Waals surface area contributed by atoms with Gasteiger partial charge >= 0.3 is 5.97 Å². The zero-order valence-electron chi connectivity index (χ0n) is 9.04. The van der Waals surface area contributed by atoms with Gasteiger partial charge in [0.25, 0.3) is 0 Å². The summed E-state index contributed by atoms with van der Waals surface area (Å²) in [5.74, 6) is -0.501. The molecule has 0 amide bonds. The molecule has 0 bridgehead atoms. The highest BCUT2D eigenvalue weighted by molar-refractivity contribution is 7.71. The molecule has 88 valence electrons. The number of anilines is 1. The number of nitrogen functional groups attached to an aromatic ring is 1. The summed E-state index contributed by atoms with van der Waals surface area (Å²) in [5, 5.41) is 0.366. The Kier molecular flexibility index (Phi) is 3.26. The zero-order chi connectivity index (χ0) is 12.4. The SMILES string of the molecule is COC(=O)c1c(N)sn(-c2ccccc2)c1=S. The number of esters is 1. The number of benzene rings is 1. The number of carbonyl (C=O) groups excluding carboxylic acids is 1. The molecular weight excluding hydrogens is 256 g/mol. The molecule has 2 aromatic rings. The largest absolute Gasteiger partial charge is 0.465 e. The fraction of sp³-hybridized carbons (Fsp3) is 0.0909. The summed E-state index contributed by atoms with van der Waals surface area (Å²) in [5.41, 5.74) is 6.93. The molecule has 1 aromatic heterocycles. The second kappa shape index (κ2) is 4.68. The van der Waals surface area contributed by atoms with E-state index >= 15 is 0 Å². The number of methoxy groups -OCH3 is 1. The maximum absolute atomic E-state index is 11.5. The van der Waals surface area contributed by atoms with Gasteiger partial charge in [0.15, 0.2) is 0 Å². The van der Waals surface area contributed by atoms with Gasteiger partial charge < -0.3 is 10.5 Å². The normalized spacial score (nSPS) is 10.2. The van der Waals surface area contributed by atoms with Crippen molar-refractivity contribution in [2.24, 2.45) is 0 Å². The Bertz CT molecular complexity index is 602. The van der Waals surface area contributed by atoms with Crippen molar-refractivity contribution in [3.8, 4) is 5.69 Å². The Balaban J connectivity index is 2.60. The first kappa shape index (κ1) is 11.8. The van der Waals surface area contributed by atoms with Crippen LogP contribution >= 0.6 is 23.8 Å². The molecule has 0 saturated heterocycles. The summed E-state index contributed by atoms with van der Waals surface area (Å²) in [6, 6.07) is 9.49. The molecule has 0 spiro atoms. The van der Waals surface area contributed by atoms with Crippen LogP contribution in [0.25, 0.3) is 5.69 Å². The minimum Gasteiger partial charge on any atom is -0.465 e. The van der Waals surface area contributed by atoms with Gasteiger partial charge in [-0.15, -0.1) is 0 Å². The lowest BCUT2D eigenvalue weighted by atomic mass is 10.3. The van der Waals surface area contributed by atoms with Crippen LogP contribution in [0.1, 0.15) is 10.4 Å². The lowest BCUT2D eigenvalue weighted by Crippen LogP contribution is -2.03. The van der Waals surface area contributed by atoms with Crippen LogP contribution in [0, 0.1) is 4.64 Å². The first-order valence-electron chi connectivity index (χ1n) is 4.80. The second-order valence-electron chi connectivity index (χ2n) is 3.26. The first-order valence-corrected chi connectivity index (χ1v) is 5.99. The van der Waals surface area contributed by atoms with Crippen LogP contribution < -0.4 is 5.73 Å². The number of hydrogen-bond donors (Lipinski definition) is 1. The van der Waals surface area contributed by atoms with E-state index in [1.165, 1.54) is 18.6 Å². The van der Waals surface area contributed by atoms with Crippen molar-refractivity contribution in [2.75, 3.05) is 12.8 Å². The lowest BCUT2D eigenvalue weighted by Gasteiger charge is -1.99. The maximum Gasteiger partial charge on any atom is 0.343 e. The standard InChI is InChI=1S/C11H10N2O2S2/c1-15-11(14)8-9(12)17-13(10(8)16)7-5-3-2-4-6-7/h2-6H,12H2,1H3. The monoisotopic (exact) mass is 266 g/mol. The highest BCUT2D eigenvalue weighted by Crippen LogP contribution is 2.26. The van der Waals surface area contributed by atoms with Crippen LogP contribution in [0.3, 0.4) is 0 Å². The molecule has 0 aliphatic carbocycles. The van der Waals surface area contributed by atoms with Crippen molar-refractivity contribution in [3.63, 3.8) is 0 Å². The van der Waals surface area contributed by atoms with Gasteiger partial charge in [0.2, 0.25) is 0 Å². The van der Waals surface area contributed by atoms with Crippen LogP contribution in [-0.2, 0) is 4.74 Å². The van der Waals surface area contributed by atoms with Gasteiger partial charge in [-0.25, -0.2) is 4.79 Å². The van der Waals surface area contributed by atoms with Crippen LogP contribution in [-0.4, -0.2) is 17.0 Å². The van der Waals surface area contributed by atoms with Crippen LogP contribution in [0.4, 0.5) is 5.00 Å². The first-order chi connectivity index (χ1) is 8.15. The molecule has 0 atom stereocenters. The number of aromatic nitrogens is 1. The van der Waals surface area contributed by atoms with Crippen molar-refractivity contribution in [2.45, 2.75) is 0 Å². The van der Waals surface area contributed by atoms with Crippen molar-refractivity contribution in [1.82, 2.24) is 3.96 Å².